The molecular formula is C22H19N3O4. The van der Waals surface area contributed by atoms with Crippen LogP contribution in [0.4, 0.5) is 5.69 Å². The highest BCUT2D eigenvalue weighted by Gasteiger charge is 2.21. The number of hydrogen-bond acceptors (Lipinski definition) is 6. The van der Waals surface area contributed by atoms with E-state index in [0.29, 0.717) is 39.3 Å². The van der Waals surface area contributed by atoms with Gasteiger partial charge in [-0.3, -0.25) is 9.59 Å². The van der Waals surface area contributed by atoms with Gasteiger partial charge in [-0.25, -0.2) is 4.98 Å². The van der Waals surface area contributed by atoms with Crippen LogP contribution in [-0.2, 0) is 0 Å². The Hall–Kier alpha value is -3.74. The number of furan rings is 1. The third kappa shape index (κ3) is 3.42. The molecule has 0 aliphatic rings. The zero-order valence-corrected chi connectivity index (χ0v) is 16.5. The minimum atomic E-state index is -0.344. The zero-order chi connectivity index (χ0) is 20.7. The Morgan fingerprint density at radius 2 is 1.86 bits per heavy atom. The van der Waals surface area contributed by atoms with Gasteiger partial charge in [0.1, 0.15) is 11.5 Å². The van der Waals surface area contributed by atoms with Gasteiger partial charge < -0.3 is 14.3 Å². The van der Waals surface area contributed by atoms with Gasteiger partial charge in [0.25, 0.3) is 11.6 Å². The van der Waals surface area contributed by atoms with Crippen LogP contribution in [0.15, 0.2) is 45.3 Å². The maximum atomic E-state index is 13.1. The molecule has 0 fully saturated rings. The lowest BCUT2D eigenvalue weighted by Crippen LogP contribution is -2.13. The van der Waals surface area contributed by atoms with Gasteiger partial charge in [-0.15, -0.1) is 0 Å². The second kappa shape index (κ2) is 7.01. The number of Topliss-reactive ketones (excluding diaryl/α,β-unsaturated/α-hetero) is 1. The monoisotopic (exact) mass is 389 g/mol. The van der Waals surface area contributed by atoms with Crippen LogP contribution in [0.5, 0.6) is 0 Å². The number of aryl methyl sites for hydroxylation is 3. The summed E-state index contributed by atoms with van der Waals surface area (Å²) >= 11 is 0. The second-order valence-corrected chi connectivity index (χ2v) is 6.92. The number of nitrogens with zero attached hydrogens (tertiary/aromatic N) is 2. The fourth-order valence-corrected chi connectivity index (χ4v) is 3.31. The summed E-state index contributed by atoms with van der Waals surface area (Å²) in [5, 5.41) is 7.36. The van der Waals surface area contributed by atoms with Gasteiger partial charge >= 0.3 is 0 Å². The van der Waals surface area contributed by atoms with Crippen LogP contribution in [0, 0.1) is 20.8 Å². The fourth-order valence-electron chi connectivity index (χ4n) is 3.31. The summed E-state index contributed by atoms with van der Waals surface area (Å²) in [6, 6.07) is 10.4. The number of carbonyl (C=O) groups is 2. The Kier molecular flexibility index (Phi) is 4.50. The molecule has 7 nitrogen and oxygen atoms in total. The van der Waals surface area contributed by atoms with Crippen molar-refractivity contribution in [3.05, 3.63) is 64.7 Å². The van der Waals surface area contributed by atoms with Gasteiger partial charge in [0.2, 0.25) is 0 Å². The highest BCUT2D eigenvalue weighted by molar-refractivity contribution is 6.13. The maximum absolute atomic E-state index is 13.1. The van der Waals surface area contributed by atoms with E-state index >= 15 is 0 Å². The standard InChI is InChI=1S/C22H19N3O4/c1-11-8-17(14(4)28-11)19-10-18(20-12(2)25-29-22(20)24-19)21(27)23-16-7-5-6-15(9-16)13(3)26/h5-10H,1-4H3,(H,23,27). The van der Waals surface area contributed by atoms with Gasteiger partial charge in [-0.1, -0.05) is 17.3 Å². The minimum Gasteiger partial charge on any atom is -0.466 e. The molecule has 146 valence electrons. The van der Waals surface area contributed by atoms with Crippen molar-refractivity contribution in [3.8, 4) is 11.3 Å². The molecule has 1 N–H and O–H groups in total. The van der Waals surface area contributed by atoms with Crippen molar-refractivity contribution in [2.45, 2.75) is 27.7 Å². The molecule has 0 saturated heterocycles. The third-order valence-corrected chi connectivity index (χ3v) is 4.71. The SMILES string of the molecule is CC(=O)c1cccc(NC(=O)c2cc(-c3cc(C)oc3C)nc3onc(C)c23)c1. The summed E-state index contributed by atoms with van der Waals surface area (Å²) < 4.78 is 10.9. The summed E-state index contributed by atoms with van der Waals surface area (Å²) in [6.07, 6.45) is 0. The number of hydrogen-bond donors (Lipinski definition) is 1. The summed E-state index contributed by atoms with van der Waals surface area (Å²) in [5.74, 6) is 1.03. The van der Waals surface area contributed by atoms with Gasteiger partial charge in [0, 0.05) is 16.8 Å². The first-order valence-electron chi connectivity index (χ1n) is 9.10. The fraction of sp³-hybridized carbons (Fsp3) is 0.182. The lowest BCUT2D eigenvalue weighted by molar-refractivity contribution is 0.101. The number of benzene rings is 1. The molecule has 0 radical (unpaired) electrons. The molecule has 0 aliphatic heterocycles. The number of carbonyl (C=O) groups excluding carboxylic acids is 2. The van der Waals surface area contributed by atoms with Crippen molar-refractivity contribution in [3.63, 3.8) is 0 Å². The average Bonchev–Trinajstić information content (AvgIpc) is 3.22. The van der Waals surface area contributed by atoms with Crippen LogP contribution in [0.3, 0.4) is 0 Å². The van der Waals surface area contributed by atoms with Crippen LogP contribution in [0.2, 0.25) is 0 Å². The lowest BCUT2D eigenvalue weighted by Gasteiger charge is -2.09. The number of rotatable bonds is 4. The van der Waals surface area contributed by atoms with E-state index in [1.807, 2.05) is 19.9 Å². The van der Waals surface area contributed by atoms with E-state index < -0.39 is 0 Å². The van der Waals surface area contributed by atoms with Crippen LogP contribution < -0.4 is 5.32 Å². The molecule has 3 aromatic heterocycles. The Morgan fingerprint density at radius 3 is 2.55 bits per heavy atom. The number of fused-ring (bicyclic) bond motifs is 1. The van der Waals surface area contributed by atoms with E-state index in [-0.39, 0.29) is 17.4 Å². The van der Waals surface area contributed by atoms with E-state index in [4.69, 9.17) is 8.94 Å². The minimum absolute atomic E-state index is 0.0737. The van der Waals surface area contributed by atoms with Crippen molar-refractivity contribution in [2.75, 3.05) is 5.32 Å². The average molecular weight is 389 g/mol. The molecule has 1 aromatic carbocycles. The summed E-state index contributed by atoms with van der Waals surface area (Å²) in [4.78, 5) is 29.3. The molecule has 0 bridgehead atoms. The number of anilines is 1. The first-order chi connectivity index (χ1) is 13.8. The molecule has 0 aliphatic carbocycles. The summed E-state index contributed by atoms with van der Waals surface area (Å²) in [6.45, 7) is 6.93. The van der Waals surface area contributed by atoms with E-state index in [9.17, 15) is 9.59 Å². The Bertz CT molecular complexity index is 1270. The van der Waals surface area contributed by atoms with E-state index in [1.165, 1.54) is 6.92 Å². The van der Waals surface area contributed by atoms with E-state index in [2.05, 4.69) is 15.5 Å². The molecule has 0 spiro atoms. The molecule has 3 heterocycles. The van der Waals surface area contributed by atoms with Crippen molar-refractivity contribution in [1.29, 1.82) is 0 Å². The van der Waals surface area contributed by atoms with E-state index in [0.717, 1.165) is 11.3 Å². The van der Waals surface area contributed by atoms with Crippen molar-refractivity contribution < 1.29 is 18.5 Å². The highest BCUT2D eigenvalue weighted by Crippen LogP contribution is 2.30. The smallest absolute Gasteiger partial charge is 0.259 e. The molecule has 0 saturated carbocycles. The van der Waals surface area contributed by atoms with E-state index in [1.54, 1.807) is 37.3 Å². The zero-order valence-electron chi connectivity index (χ0n) is 16.5. The van der Waals surface area contributed by atoms with Crippen molar-refractivity contribution >= 4 is 28.5 Å². The highest BCUT2D eigenvalue weighted by atomic mass is 16.5. The first kappa shape index (κ1) is 18.6. The summed E-state index contributed by atoms with van der Waals surface area (Å²) in [5.41, 5.74) is 3.63. The van der Waals surface area contributed by atoms with Gasteiger partial charge in [-0.05, 0) is 52.0 Å². The molecule has 0 atom stereocenters. The lowest BCUT2D eigenvalue weighted by atomic mass is 10.0. The molecule has 4 rings (SSSR count). The predicted octanol–water partition coefficient (Wildman–Crippen LogP) is 4.86. The number of amides is 1. The Balaban J connectivity index is 1.80. The molecular weight excluding hydrogens is 370 g/mol. The van der Waals surface area contributed by atoms with Crippen LogP contribution in [-0.4, -0.2) is 21.8 Å². The topological polar surface area (TPSA) is 98.2 Å². The third-order valence-electron chi connectivity index (χ3n) is 4.71. The predicted molar refractivity (Wildman–Crippen MR) is 108 cm³/mol. The number of ketones is 1. The van der Waals surface area contributed by atoms with Crippen molar-refractivity contribution in [1.82, 2.24) is 10.1 Å². The largest absolute Gasteiger partial charge is 0.466 e. The molecule has 4 aromatic rings. The number of nitrogens with one attached hydrogen (secondary N) is 1. The molecule has 0 unspecified atom stereocenters. The quantitative estimate of drug-likeness (QED) is 0.500. The van der Waals surface area contributed by atoms with Gasteiger partial charge in [0.05, 0.1) is 22.3 Å². The maximum Gasteiger partial charge on any atom is 0.259 e. The van der Waals surface area contributed by atoms with Crippen LogP contribution >= 0.6 is 0 Å². The first-order valence-corrected chi connectivity index (χ1v) is 9.10. The molecule has 29 heavy (non-hydrogen) atoms. The molecule has 1 amide bonds. The molecule has 7 heteroatoms. The summed E-state index contributed by atoms with van der Waals surface area (Å²) in [7, 11) is 0. The van der Waals surface area contributed by atoms with Crippen LogP contribution in [0.1, 0.15) is 44.9 Å². The Morgan fingerprint density at radius 1 is 1.07 bits per heavy atom. The second-order valence-electron chi connectivity index (χ2n) is 6.92. The Labute approximate surface area is 166 Å². The van der Waals surface area contributed by atoms with Crippen molar-refractivity contribution in [2.24, 2.45) is 0 Å². The normalized spacial score (nSPS) is 11.0. The van der Waals surface area contributed by atoms with Gasteiger partial charge in [-0.2, -0.15) is 0 Å². The van der Waals surface area contributed by atoms with Gasteiger partial charge in [0.15, 0.2) is 5.78 Å². The number of aromatic nitrogens is 2. The number of pyridine rings is 1. The van der Waals surface area contributed by atoms with Crippen LogP contribution in [0.25, 0.3) is 22.4 Å².